The lowest BCUT2D eigenvalue weighted by Gasteiger charge is -2.33. The van der Waals surface area contributed by atoms with E-state index in [1.165, 1.54) is 32.7 Å². The topological polar surface area (TPSA) is 23.6 Å². The smallest absolute Gasteiger partial charge is 0.132 e. The summed E-state index contributed by atoms with van der Waals surface area (Å²) in [7, 11) is 0. The highest BCUT2D eigenvalue weighted by molar-refractivity contribution is 5.77. The second kappa shape index (κ2) is 6.96. The van der Waals surface area contributed by atoms with E-state index >= 15 is 0 Å². The highest BCUT2D eigenvalue weighted by Crippen LogP contribution is 2.03. The summed E-state index contributed by atoms with van der Waals surface area (Å²) in [6, 6.07) is 0. The van der Waals surface area contributed by atoms with E-state index in [-0.39, 0.29) is 0 Å². The quantitative estimate of drug-likeness (QED) is 0.664. The van der Waals surface area contributed by atoms with Crippen molar-refractivity contribution in [2.24, 2.45) is 0 Å². The molecule has 0 spiro atoms. The van der Waals surface area contributed by atoms with Crippen LogP contribution in [0.2, 0.25) is 0 Å². The van der Waals surface area contributed by atoms with Gasteiger partial charge in [0.2, 0.25) is 0 Å². The predicted octanol–water partition coefficient (Wildman–Crippen LogP) is 1.38. The van der Waals surface area contributed by atoms with Gasteiger partial charge >= 0.3 is 0 Å². The van der Waals surface area contributed by atoms with E-state index in [9.17, 15) is 4.79 Å². The molecule has 1 saturated heterocycles. The highest BCUT2D eigenvalue weighted by Gasteiger charge is 2.14. The lowest BCUT2D eigenvalue weighted by molar-refractivity contribution is -0.118. The third kappa shape index (κ3) is 4.76. The number of rotatable bonds is 6. The SMILES string of the molecule is CCC(=O)CCCN1CCN(CC)CC1. The first-order chi connectivity index (χ1) is 7.26. The van der Waals surface area contributed by atoms with Crippen LogP contribution in [0.25, 0.3) is 0 Å². The molecule has 88 valence electrons. The van der Waals surface area contributed by atoms with Gasteiger partial charge in [-0.15, -0.1) is 0 Å². The Balaban J connectivity index is 2.06. The summed E-state index contributed by atoms with van der Waals surface area (Å²) in [4.78, 5) is 16.1. The van der Waals surface area contributed by atoms with Gasteiger partial charge in [-0.1, -0.05) is 13.8 Å². The third-order valence-corrected chi connectivity index (χ3v) is 3.24. The maximum absolute atomic E-state index is 11.1. The van der Waals surface area contributed by atoms with Crippen molar-refractivity contribution in [2.45, 2.75) is 33.1 Å². The summed E-state index contributed by atoms with van der Waals surface area (Å²) < 4.78 is 0. The summed E-state index contributed by atoms with van der Waals surface area (Å²) >= 11 is 0. The van der Waals surface area contributed by atoms with E-state index in [2.05, 4.69) is 16.7 Å². The standard InChI is InChI=1S/C12H24N2O/c1-3-12(15)6-5-7-14-10-8-13(4-2)9-11-14/h3-11H2,1-2H3. The molecule has 0 aromatic carbocycles. The van der Waals surface area contributed by atoms with Crippen LogP contribution in [0, 0.1) is 0 Å². The van der Waals surface area contributed by atoms with Gasteiger partial charge in [-0.2, -0.15) is 0 Å². The molecule has 0 bridgehead atoms. The molecule has 0 radical (unpaired) electrons. The van der Waals surface area contributed by atoms with E-state index in [4.69, 9.17) is 0 Å². The lowest BCUT2D eigenvalue weighted by Crippen LogP contribution is -2.46. The number of ketones is 1. The molecule has 0 N–H and O–H groups in total. The molecule has 1 fully saturated rings. The Morgan fingerprint density at radius 3 is 2.20 bits per heavy atom. The van der Waals surface area contributed by atoms with Gasteiger partial charge in [0.05, 0.1) is 0 Å². The first-order valence-corrected chi connectivity index (χ1v) is 6.22. The van der Waals surface area contributed by atoms with Crippen LogP contribution < -0.4 is 0 Å². The largest absolute Gasteiger partial charge is 0.301 e. The van der Waals surface area contributed by atoms with Gasteiger partial charge in [-0.3, -0.25) is 4.79 Å². The zero-order valence-electron chi connectivity index (χ0n) is 10.2. The normalized spacial score (nSPS) is 19.3. The van der Waals surface area contributed by atoms with Crippen molar-refractivity contribution >= 4 is 5.78 Å². The van der Waals surface area contributed by atoms with E-state index in [1.807, 2.05) is 6.92 Å². The first-order valence-electron chi connectivity index (χ1n) is 6.22. The van der Waals surface area contributed by atoms with Gasteiger partial charge in [0.25, 0.3) is 0 Å². The summed E-state index contributed by atoms with van der Waals surface area (Å²) in [6.45, 7) is 11.2. The van der Waals surface area contributed by atoms with E-state index in [0.29, 0.717) is 12.2 Å². The average molecular weight is 212 g/mol. The molecule has 15 heavy (non-hydrogen) atoms. The second-order valence-electron chi connectivity index (χ2n) is 4.27. The van der Waals surface area contributed by atoms with E-state index in [0.717, 1.165) is 19.4 Å². The molecule has 0 unspecified atom stereocenters. The molecular weight excluding hydrogens is 188 g/mol. The van der Waals surface area contributed by atoms with Gasteiger partial charge < -0.3 is 9.80 Å². The fourth-order valence-corrected chi connectivity index (χ4v) is 2.01. The van der Waals surface area contributed by atoms with Gasteiger partial charge in [0, 0.05) is 39.0 Å². The molecule has 1 aliphatic heterocycles. The molecule has 1 rings (SSSR count). The van der Waals surface area contributed by atoms with E-state index < -0.39 is 0 Å². The molecule has 0 atom stereocenters. The summed E-state index contributed by atoms with van der Waals surface area (Å²) in [5.41, 5.74) is 0. The molecule has 1 heterocycles. The Labute approximate surface area is 93.4 Å². The summed E-state index contributed by atoms with van der Waals surface area (Å²) in [6.07, 6.45) is 2.51. The third-order valence-electron chi connectivity index (χ3n) is 3.24. The number of carbonyl (C=O) groups excluding carboxylic acids is 1. The number of hydrogen-bond acceptors (Lipinski definition) is 3. The monoisotopic (exact) mass is 212 g/mol. The Morgan fingerprint density at radius 2 is 1.67 bits per heavy atom. The molecule has 0 aliphatic carbocycles. The fourth-order valence-electron chi connectivity index (χ4n) is 2.01. The maximum Gasteiger partial charge on any atom is 0.132 e. The van der Waals surface area contributed by atoms with Crippen LogP contribution >= 0.6 is 0 Å². The Bertz CT molecular complexity index is 186. The van der Waals surface area contributed by atoms with Crippen molar-refractivity contribution < 1.29 is 4.79 Å². The van der Waals surface area contributed by atoms with Crippen LogP contribution in [0.15, 0.2) is 0 Å². The van der Waals surface area contributed by atoms with Gasteiger partial charge in [0.1, 0.15) is 5.78 Å². The van der Waals surface area contributed by atoms with Crippen LogP contribution in [0.4, 0.5) is 0 Å². The molecule has 3 nitrogen and oxygen atoms in total. The molecule has 3 heteroatoms. The Hall–Kier alpha value is -0.410. The van der Waals surface area contributed by atoms with Crippen molar-refractivity contribution in [1.29, 1.82) is 0 Å². The van der Waals surface area contributed by atoms with Gasteiger partial charge in [-0.05, 0) is 19.5 Å². The van der Waals surface area contributed by atoms with Crippen molar-refractivity contribution in [3.8, 4) is 0 Å². The van der Waals surface area contributed by atoms with Crippen molar-refractivity contribution in [3.63, 3.8) is 0 Å². The number of Topliss-reactive ketones (excluding diaryl/α,β-unsaturated/α-hetero) is 1. The van der Waals surface area contributed by atoms with Crippen LogP contribution in [0.1, 0.15) is 33.1 Å². The van der Waals surface area contributed by atoms with Crippen molar-refractivity contribution in [2.75, 3.05) is 39.3 Å². The number of nitrogens with zero attached hydrogens (tertiary/aromatic N) is 2. The van der Waals surface area contributed by atoms with Crippen LogP contribution in [-0.2, 0) is 4.79 Å². The molecule has 0 saturated carbocycles. The fraction of sp³-hybridized carbons (Fsp3) is 0.917. The van der Waals surface area contributed by atoms with Crippen molar-refractivity contribution in [3.05, 3.63) is 0 Å². The number of likely N-dealkylation sites (N-methyl/N-ethyl adjacent to an activating group) is 1. The maximum atomic E-state index is 11.1. The Morgan fingerprint density at radius 1 is 1.07 bits per heavy atom. The molecule has 0 amide bonds. The predicted molar refractivity (Wildman–Crippen MR) is 63.1 cm³/mol. The van der Waals surface area contributed by atoms with Crippen molar-refractivity contribution in [1.82, 2.24) is 9.80 Å². The van der Waals surface area contributed by atoms with Crippen LogP contribution in [-0.4, -0.2) is 54.9 Å². The van der Waals surface area contributed by atoms with Gasteiger partial charge in [-0.25, -0.2) is 0 Å². The number of carbonyl (C=O) groups is 1. The zero-order chi connectivity index (χ0) is 11.1. The number of hydrogen-bond donors (Lipinski definition) is 0. The minimum atomic E-state index is 0.405. The zero-order valence-corrected chi connectivity index (χ0v) is 10.2. The lowest BCUT2D eigenvalue weighted by atomic mass is 10.1. The van der Waals surface area contributed by atoms with Crippen LogP contribution in [0.5, 0.6) is 0 Å². The van der Waals surface area contributed by atoms with Crippen LogP contribution in [0.3, 0.4) is 0 Å². The highest BCUT2D eigenvalue weighted by atomic mass is 16.1. The van der Waals surface area contributed by atoms with Gasteiger partial charge in [0.15, 0.2) is 0 Å². The molecule has 1 aliphatic rings. The number of piperazine rings is 1. The minimum Gasteiger partial charge on any atom is -0.301 e. The first kappa shape index (κ1) is 12.7. The second-order valence-corrected chi connectivity index (χ2v) is 4.27. The van der Waals surface area contributed by atoms with E-state index in [1.54, 1.807) is 0 Å². The molecule has 0 aromatic heterocycles. The minimum absolute atomic E-state index is 0.405. The molecule has 0 aromatic rings. The summed E-state index contributed by atoms with van der Waals surface area (Å²) in [5, 5.41) is 0. The summed E-state index contributed by atoms with van der Waals surface area (Å²) in [5.74, 6) is 0.405. The average Bonchev–Trinajstić information content (AvgIpc) is 2.29. The Kier molecular flexibility index (Phi) is 5.88. The molecular formula is C12H24N2O.